The summed E-state index contributed by atoms with van der Waals surface area (Å²) in [5.74, 6) is -1.95. The van der Waals surface area contributed by atoms with Gasteiger partial charge in [0.25, 0.3) is 0 Å². The monoisotopic (exact) mass is 470 g/mol. The average molecular weight is 470 g/mol. The van der Waals surface area contributed by atoms with Crippen molar-refractivity contribution in [1.82, 2.24) is 9.88 Å². The van der Waals surface area contributed by atoms with Crippen LogP contribution in [-0.2, 0) is 32.1 Å². The number of aromatic nitrogens is 1. The van der Waals surface area contributed by atoms with Crippen molar-refractivity contribution in [2.75, 3.05) is 19.7 Å². The number of piperidine rings is 1. The highest BCUT2D eigenvalue weighted by Gasteiger charge is 2.45. The van der Waals surface area contributed by atoms with Gasteiger partial charge in [-0.15, -0.1) is 0 Å². The smallest absolute Gasteiger partial charge is 0.475 e. The third kappa shape index (κ3) is 7.29. The van der Waals surface area contributed by atoms with E-state index in [2.05, 4.69) is 4.98 Å². The Morgan fingerprint density at radius 1 is 1.27 bits per heavy atom. The van der Waals surface area contributed by atoms with Crippen LogP contribution < -0.4 is 0 Å². The van der Waals surface area contributed by atoms with Crippen LogP contribution in [0.2, 0.25) is 0 Å². The fourth-order valence-corrected chi connectivity index (χ4v) is 3.87. The zero-order valence-corrected chi connectivity index (χ0v) is 17.8. The maximum Gasteiger partial charge on any atom is 0.490 e. The third-order valence-corrected chi connectivity index (χ3v) is 5.41. The van der Waals surface area contributed by atoms with E-state index in [1.807, 2.05) is 35.2 Å². The van der Waals surface area contributed by atoms with Crippen LogP contribution in [0.25, 0.3) is 0 Å². The molecule has 1 N–H and O–H groups in total. The van der Waals surface area contributed by atoms with Gasteiger partial charge in [0.1, 0.15) is 5.76 Å². The number of carboxylic acid groups (broad SMARTS) is 1. The van der Waals surface area contributed by atoms with Crippen molar-refractivity contribution in [1.29, 1.82) is 0 Å². The summed E-state index contributed by atoms with van der Waals surface area (Å²) < 4.78 is 49.2. The first-order valence-corrected chi connectivity index (χ1v) is 10.4. The lowest BCUT2D eigenvalue weighted by atomic mass is 9.89. The molecule has 8 nitrogen and oxygen atoms in total. The summed E-state index contributed by atoms with van der Waals surface area (Å²) in [5, 5.41) is 7.12. The number of furan rings is 1. The van der Waals surface area contributed by atoms with E-state index >= 15 is 0 Å². The Bertz CT molecular complexity index is 907. The van der Waals surface area contributed by atoms with Crippen molar-refractivity contribution in [2.24, 2.45) is 0 Å². The second-order valence-electron chi connectivity index (χ2n) is 7.93. The minimum absolute atomic E-state index is 0.0529. The van der Waals surface area contributed by atoms with Gasteiger partial charge in [-0.1, -0.05) is 6.07 Å². The van der Waals surface area contributed by atoms with E-state index in [0.29, 0.717) is 31.9 Å². The fraction of sp³-hybridized carbons (Fsp3) is 0.500. The average Bonchev–Trinajstić information content (AvgIpc) is 3.43. The highest BCUT2D eigenvalue weighted by molar-refractivity contribution is 5.78. The predicted octanol–water partition coefficient (Wildman–Crippen LogP) is 3.22. The number of halogens is 3. The molecule has 0 aromatic carbocycles. The van der Waals surface area contributed by atoms with Gasteiger partial charge >= 0.3 is 12.1 Å². The summed E-state index contributed by atoms with van der Waals surface area (Å²) in [6, 6.07) is 9.46. The van der Waals surface area contributed by atoms with Gasteiger partial charge in [0.15, 0.2) is 0 Å². The van der Waals surface area contributed by atoms with Gasteiger partial charge in [-0.2, -0.15) is 13.2 Å². The molecule has 4 heterocycles. The molecule has 33 heavy (non-hydrogen) atoms. The van der Waals surface area contributed by atoms with Gasteiger partial charge in [0, 0.05) is 25.7 Å². The van der Waals surface area contributed by atoms with Gasteiger partial charge in [0.05, 0.1) is 43.3 Å². The molecule has 180 valence electrons. The first-order valence-electron chi connectivity index (χ1n) is 10.4. The highest BCUT2D eigenvalue weighted by Crippen LogP contribution is 2.36. The Balaban J connectivity index is 0.000000383. The Morgan fingerprint density at radius 2 is 2.06 bits per heavy atom. The molecule has 2 atom stereocenters. The number of likely N-dealkylation sites (tertiary alicyclic amines) is 1. The van der Waals surface area contributed by atoms with E-state index in [-0.39, 0.29) is 17.6 Å². The number of carboxylic acids is 1. The predicted molar refractivity (Wildman–Crippen MR) is 108 cm³/mol. The number of nitrogens with zero attached hydrogens (tertiary/aromatic N) is 2. The molecule has 0 unspecified atom stereocenters. The summed E-state index contributed by atoms with van der Waals surface area (Å²) >= 11 is 0. The fourth-order valence-electron chi connectivity index (χ4n) is 3.87. The number of carbonyl (C=O) groups is 2. The number of pyridine rings is 1. The zero-order chi connectivity index (χ0) is 23.9. The van der Waals surface area contributed by atoms with Crippen molar-refractivity contribution in [3.8, 4) is 0 Å². The largest absolute Gasteiger partial charge is 0.490 e. The zero-order valence-electron chi connectivity index (χ0n) is 17.8. The van der Waals surface area contributed by atoms with E-state index in [9.17, 15) is 18.0 Å². The number of rotatable bonds is 5. The number of hydrogen-bond donors (Lipinski definition) is 1. The number of alkyl halides is 3. The first kappa shape index (κ1) is 24.7. The summed E-state index contributed by atoms with van der Waals surface area (Å²) in [6.45, 7) is 2.49. The van der Waals surface area contributed by atoms with Crippen LogP contribution in [0.3, 0.4) is 0 Å². The van der Waals surface area contributed by atoms with Crippen molar-refractivity contribution >= 4 is 11.9 Å². The number of aliphatic carboxylic acids is 1. The normalized spacial score (nSPS) is 22.6. The van der Waals surface area contributed by atoms with E-state index < -0.39 is 12.1 Å². The molecule has 1 spiro atoms. The summed E-state index contributed by atoms with van der Waals surface area (Å²) in [5.41, 5.74) is 0.652. The van der Waals surface area contributed by atoms with E-state index in [1.54, 1.807) is 12.5 Å². The van der Waals surface area contributed by atoms with Crippen LogP contribution in [0.1, 0.15) is 30.7 Å². The quantitative estimate of drug-likeness (QED) is 0.716. The van der Waals surface area contributed by atoms with Crippen LogP contribution in [0.5, 0.6) is 0 Å². The van der Waals surface area contributed by atoms with Crippen molar-refractivity contribution in [2.45, 2.75) is 50.2 Å². The molecule has 2 aromatic heterocycles. The molecular formula is C22H25F3N2O6. The Kier molecular flexibility index (Phi) is 8.09. The molecule has 0 aliphatic carbocycles. The van der Waals surface area contributed by atoms with E-state index in [1.165, 1.54) is 0 Å². The molecule has 2 aliphatic heterocycles. The van der Waals surface area contributed by atoms with Crippen molar-refractivity contribution in [3.05, 3.63) is 54.2 Å². The van der Waals surface area contributed by atoms with E-state index in [4.69, 9.17) is 23.8 Å². The number of carbonyl (C=O) groups excluding carboxylic acids is 1. The SMILES string of the molecule is O=C(Cc1ccco1)N1CCC[C@]2(C[C@@H](OCc3ccccn3)CO2)C1.O=C(O)C(F)(F)F. The molecule has 0 bridgehead atoms. The molecule has 4 rings (SSSR count). The molecule has 0 radical (unpaired) electrons. The van der Waals surface area contributed by atoms with Crippen LogP contribution in [0, 0.1) is 0 Å². The molecule has 2 aromatic rings. The molecule has 1 amide bonds. The first-order chi connectivity index (χ1) is 15.7. The lowest BCUT2D eigenvalue weighted by Crippen LogP contribution is -2.50. The molecule has 2 saturated heterocycles. The third-order valence-electron chi connectivity index (χ3n) is 5.41. The second-order valence-corrected chi connectivity index (χ2v) is 7.93. The van der Waals surface area contributed by atoms with Gasteiger partial charge in [0.2, 0.25) is 5.91 Å². The van der Waals surface area contributed by atoms with E-state index in [0.717, 1.165) is 31.5 Å². The summed E-state index contributed by atoms with van der Waals surface area (Å²) in [6.07, 6.45) is 1.40. The molecular weight excluding hydrogens is 445 g/mol. The topological polar surface area (TPSA) is 102 Å². The maximum atomic E-state index is 12.6. The molecule has 2 aliphatic rings. The Morgan fingerprint density at radius 3 is 2.70 bits per heavy atom. The second kappa shape index (κ2) is 10.8. The minimum atomic E-state index is -5.08. The molecule has 0 saturated carbocycles. The highest BCUT2D eigenvalue weighted by atomic mass is 19.4. The van der Waals surface area contributed by atoms with Gasteiger partial charge in [-0.05, 0) is 37.1 Å². The molecule has 2 fully saturated rings. The summed E-state index contributed by atoms with van der Waals surface area (Å²) in [4.78, 5) is 27.7. The van der Waals surface area contributed by atoms with Gasteiger partial charge in [-0.3, -0.25) is 9.78 Å². The number of hydrogen-bond acceptors (Lipinski definition) is 6. The standard InChI is InChI=1S/C20H24N2O4.C2HF3O2/c23-19(11-17-6-3-10-24-17)22-9-4-7-20(15-22)12-18(14-26-20)25-13-16-5-1-2-8-21-16;3-2(4,5)1(6)7/h1-3,5-6,8,10,18H,4,7,9,11-15H2;(H,6,7)/t18-,20+;/m1./s1. The van der Waals surface area contributed by atoms with Crippen LogP contribution in [0.15, 0.2) is 47.2 Å². The summed E-state index contributed by atoms with van der Waals surface area (Å²) in [7, 11) is 0. The molecule has 11 heteroatoms. The van der Waals surface area contributed by atoms with Gasteiger partial charge in [-0.25, -0.2) is 4.79 Å². The number of amides is 1. The Hall–Kier alpha value is -2.92. The van der Waals surface area contributed by atoms with Crippen molar-refractivity contribution < 1.29 is 41.8 Å². The number of ether oxygens (including phenoxy) is 2. The van der Waals surface area contributed by atoms with Crippen LogP contribution in [-0.4, -0.2) is 64.4 Å². The van der Waals surface area contributed by atoms with Crippen LogP contribution >= 0.6 is 0 Å². The lowest BCUT2D eigenvalue weighted by Gasteiger charge is -2.39. The van der Waals surface area contributed by atoms with Gasteiger partial charge < -0.3 is 23.9 Å². The lowest BCUT2D eigenvalue weighted by molar-refractivity contribution is -0.192. The minimum Gasteiger partial charge on any atom is -0.475 e. The Labute approximate surface area is 188 Å². The van der Waals surface area contributed by atoms with Crippen molar-refractivity contribution in [3.63, 3.8) is 0 Å². The van der Waals surface area contributed by atoms with Crippen LogP contribution in [0.4, 0.5) is 13.2 Å². The maximum absolute atomic E-state index is 12.6.